The number of hydrogen-bond acceptors (Lipinski definition) is 6. The number of fused-ring (bicyclic) bond motifs is 4. The number of aryl methyl sites for hydroxylation is 3. The van der Waals surface area contributed by atoms with E-state index in [1.54, 1.807) is 14.2 Å². The third-order valence-corrected chi connectivity index (χ3v) is 7.99. The molecule has 0 aliphatic carbocycles. The normalized spacial score (nSPS) is 16.1. The molecule has 214 valence electrons. The maximum Gasteiger partial charge on any atom is 0.179 e. The minimum Gasteiger partial charge on any atom is -0.493 e. The first-order chi connectivity index (χ1) is 21.0. The Kier molecular flexibility index (Phi) is 6.46. The summed E-state index contributed by atoms with van der Waals surface area (Å²) in [6, 6.07) is 30.5. The van der Waals surface area contributed by atoms with E-state index in [2.05, 4.69) is 60.5 Å². The van der Waals surface area contributed by atoms with Crippen molar-refractivity contribution < 1.29 is 9.47 Å². The number of aromatic nitrogens is 2. The summed E-state index contributed by atoms with van der Waals surface area (Å²) in [4.78, 5) is 12.8. The van der Waals surface area contributed by atoms with Gasteiger partial charge in [0.05, 0.1) is 48.7 Å². The van der Waals surface area contributed by atoms with Crippen molar-refractivity contribution in [3.63, 3.8) is 0 Å². The Hall–Kier alpha value is -5.37. The quantitative estimate of drug-likeness (QED) is 0.236. The van der Waals surface area contributed by atoms with Crippen molar-refractivity contribution in [3.05, 3.63) is 119 Å². The van der Waals surface area contributed by atoms with Crippen LogP contribution in [0, 0.1) is 20.8 Å². The molecule has 8 nitrogen and oxygen atoms in total. The zero-order valence-corrected chi connectivity index (χ0v) is 24.8. The molecule has 4 aromatic carbocycles. The van der Waals surface area contributed by atoms with Gasteiger partial charge in [0.2, 0.25) is 0 Å². The molecule has 1 atom stereocenters. The number of aliphatic imine (C=N–C) groups is 2. The molecular weight excluding hydrogens is 536 g/mol. The lowest BCUT2D eigenvalue weighted by Gasteiger charge is -2.42. The predicted octanol–water partition coefficient (Wildman–Crippen LogP) is 7.61. The molecule has 0 amide bonds. The average molecular weight is 569 g/mol. The van der Waals surface area contributed by atoms with Crippen molar-refractivity contribution in [3.8, 4) is 17.2 Å². The number of hydrogen-bond donors (Lipinski definition) is 1. The molecular formula is C35H32N6O2. The van der Waals surface area contributed by atoms with Gasteiger partial charge in [-0.05, 0) is 74.4 Å². The molecule has 0 bridgehead atoms. The Labute approximate surface area is 251 Å². The lowest BCUT2D eigenvalue weighted by molar-refractivity contribution is 0.354. The summed E-state index contributed by atoms with van der Waals surface area (Å²) in [5.41, 5.74) is 8.99. The predicted molar refractivity (Wildman–Crippen MR) is 172 cm³/mol. The Morgan fingerprint density at radius 2 is 1.58 bits per heavy atom. The fraction of sp³-hybridized carbons (Fsp3) is 0.171. The summed E-state index contributed by atoms with van der Waals surface area (Å²) in [5.74, 6) is 3.48. The van der Waals surface area contributed by atoms with E-state index < -0.39 is 0 Å². The van der Waals surface area contributed by atoms with Gasteiger partial charge < -0.3 is 19.7 Å². The van der Waals surface area contributed by atoms with Gasteiger partial charge in [-0.25, -0.2) is 14.7 Å². The van der Waals surface area contributed by atoms with Crippen LogP contribution in [0.5, 0.6) is 11.5 Å². The average Bonchev–Trinajstić information content (AvgIpc) is 3.37. The summed E-state index contributed by atoms with van der Waals surface area (Å²) in [5, 5.41) is 8.63. The Morgan fingerprint density at radius 3 is 2.35 bits per heavy atom. The molecule has 43 heavy (non-hydrogen) atoms. The van der Waals surface area contributed by atoms with E-state index >= 15 is 0 Å². The van der Waals surface area contributed by atoms with E-state index in [-0.39, 0.29) is 6.04 Å². The van der Waals surface area contributed by atoms with Crippen LogP contribution in [0.25, 0.3) is 5.69 Å². The molecule has 1 N–H and O–H groups in total. The van der Waals surface area contributed by atoms with E-state index in [4.69, 9.17) is 24.6 Å². The summed E-state index contributed by atoms with van der Waals surface area (Å²) >= 11 is 0. The number of anilines is 2. The van der Waals surface area contributed by atoms with Crippen molar-refractivity contribution in [1.29, 1.82) is 0 Å². The fourth-order valence-electron chi connectivity index (χ4n) is 5.97. The first-order valence-corrected chi connectivity index (χ1v) is 14.2. The zero-order valence-electron chi connectivity index (χ0n) is 24.8. The van der Waals surface area contributed by atoms with Crippen LogP contribution >= 0.6 is 0 Å². The molecule has 7 rings (SSSR count). The second-order valence-electron chi connectivity index (χ2n) is 10.8. The SMILES string of the molecule is COc1ccc([C@H]2c3c(C)nn(-c4ccccc4)c3N=C3C(=Nc4ccc(C)cc4C)Nc4ccccc4N32)cc1OC. The van der Waals surface area contributed by atoms with E-state index in [0.717, 1.165) is 51.0 Å². The minimum atomic E-state index is -0.271. The molecule has 5 aromatic rings. The maximum absolute atomic E-state index is 5.76. The van der Waals surface area contributed by atoms with E-state index in [1.807, 2.05) is 66.2 Å². The highest BCUT2D eigenvalue weighted by Crippen LogP contribution is 2.48. The van der Waals surface area contributed by atoms with Gasteiger partial charge in [-0.15, -0.1) is 0 Å². The molecule has 2 aliphatic rings. The number of nitrogens with one attached hydrogen (secondary N) is 1. The summed E-state index contributed by atoms with van der Waals surface area (Å²) < 4.78 is 13.3. The second kappa shape index (κ2) is 10.5. The molecule has 0 spiro atoms. The van der Waals surface area contributed by atoms with E-state index in [0.29, 0.717) is 23.2 Å². The van der Waals surface area contributed by atoms with Gasteiger partial charge >= 0.3 is 0 Å². The van der Waals surface area contributed by atoms with Gasteiger partial charge in [0.25, 0.3) is 0 Å². The molecule has 2 aliphatic heterocycles. The third kappa shape index (κ3) is 4.43. The zero-order chi connectivity index (χ0) is 29.7. The monoisotopic (exact) mass is 568 g/mol. The van der Waals surface area contributed by atoms with E-state index in [1.165, 1.54) is 5.56 Å². The smallest absolute Gasteiger partial charge is 0.179 e. The molecule has 8 heteroatoms. The molecule has 0 saturated heterocycles. The molecule has 3 heterocycles. The number of benzene rings is 4. The summed E-state index contributed by atoms with van der Waals surface area (Å²) in [6.07, 6.45) is 0. The van der Waals surface area contributed by atoms with Crippen LogP contribution in [0.1, 0.15) is 34.0 Å². The van der Waals surface area contributed by atoms with Crippen molar-refractivity contribution in [1.82, 2.24) is 9.78 Å². The number of rotatable bonds is 5. The Morgan fingerprint density at radius 1 is 0.814 bits per heavy atom. The fourth-order valence-corrected chi connectivity index (χ4v) is 5.97. The van der Waals surface area contributed by atoms with Gasteiger partial charge in [-0.1, -0.05) is 54.1 Å². The molecule has 0 unspecified atom stereocenters. The molecule has 1 aromatic heterocycles. The maximum atomic E-state index is 5.76. The Bertz CT molecular complexity index is 1920. The van der Waals surface area contributed by atoms with Crippen LogP contribution in [0.3, 0.4) is 0 Å². The molecule has 0 radical (unpaired) electrons. The van der Waals surface area contributed by atoms with Gasteiger partial charge in [0, 0.05) is 5.56 Å². The Balaban J connectivity index is 1.53. The van der Waals surface area contributed by atoms with Crippen LogP contribution < -0.4 is 19.7 Å². The van der Waals surface area contributed by atoms with Crippen molar-refractivity contribution in [2.45, 2.75) is 26.8 Å². The van der Waals surface area contributed by atoms with Crippen LogP contribution in [0.2, 0.25) is 0 Å². The first-order valence-electron chi connectivity index (χ1n) is 14.2. The van der Waals surface area contributed by atoms with Crippen molar-refractivity contribution in [2.75, 3.05) is 24.4 Å². The van der Waals surface area contributed by atoms with Gasteiger partial charge in [-0.3, -0.25) is 0 Å². The minimum absolute atomic E-state index is 0.271. The summed E-state index contributed by atoms with van der Waals surface area (Å²) in [6.45, 7) is 6.22. The van der Waals surface area contributed by atoms with E-state index in [9.17, 15) is 0 Å². The van der Waals surface area contributed by atoms with Gasteiger partial charge in [0.1, 0.15) is 0 Å². The highest BCUT2D eigenvalue weighted by atomic mass is 16.5. The number of amidine groups is 2. The van der Waals surface area contributed by atoms with Crippen LogP contribution in [-0.4, -0.2) is 35.7 Å². The number of para-hydroxylation sites is 3. The third-order valence-electron chi connectivity index (χ3n) is 7.99. The van der Waals surface area contributed by atoms with Crippen molar-refractivity contribution in [2.24, 2.45) is 9.98 Å². The van der Waals surface area contributed by atoms with Crippen LogP contribution in [-0.2, 0) is 0 Å². The first kappa shape index (κ1) is 26.5. The largest absolute Gasteiger partial charge is 0.493 e. The number of ether oxygens (including phenoxy) is 2. The van der Waals surface area contributed by atoms with Crippen LogP contribution in [0.15, 0.2) is 101 Å². The van der Waals surface area contributed by atoms with Crippen molar-refractivity contribution >= 4 is 34.6 Å². The topological polar surface area (TPSA) is 76.3 Å². The lowest BCUT2D eigenvalue weighted by Crippen LogP contribution is -2.48. The van der Waals surface area contributed by atoms with Gasteiger partial charge in [-0.2, -0.15) is 5.10 Å². The second-order valence-corrected chi connectivity index (χ2v) is 10.8. The molecule has 0 saturated carbocycles. The standard InChI is InChI=1S/C35H32N6O2/c1-21-15-17-26(22(2)19-21)36-33-35-38-34-31(23(3)39-41(34)25-11-7-6-8-12-25)32(24-16-18-29(42-4)30(20-24)43-5)40(35)28-14-10-9-13-27(28)37-33/h6-20,32H,1-5H3,(H,36,37)/t32-/m0/s1. The molecule has 0 fully saturated rings. The highest BCUT2D eigenvalue weighted by molar-refractivity contribution is 6.52. The number of methoxy groups -OCH3 is 2. The summed E-state index contributed by atoms with van der Waals surface area (Å²) in [7, 11) is 3.31. The lowest BCUT2D eigenvalue weighted by atomic mass is 9.92. The number of nitrogens with zero attached hydrogens (tertiary/aromatic N) is 5. The van der Waals surface area contributed by atoms with Crippen LogP contribution in [0.4, 0.5) is 22.9 Å². The van der Waals surface area contributed by atoms with Gasteiger partial charge in [0.15, 0.2) is 29.0 Å². The highest BCUT2D eigenvalue weighted by Gasteiger charge is 2.42.